The molecule has 0 saturated carbocycles. The van der Waals surface area contributed by atoms with Gasteiger partial charge in [-0.25, -0.2) is 0 Å². The van der Waals surface area contributed by atoms with Crippen molar-refractivity contribution >= 4 is 23.4 Å². The van der Waals surface area contributed by atoms with Gasteiger partial charge in [-0.2, -0.15) is 0 Å². The molecule has 0 radical (unpaired) electrons. The molecule has 0 aromatic heterocycles. The molecular formula is C24H35N5O3. The van der Waals surface area contributed by atoms with E-state index in [0.29, 0.717) is 38.0 Å². The highest BCUT2D eigenvalue weighted by molar-refractivity contribution is 6.02. The van der Waals surface area contributed by atoms with E-state index in [-0.39, 0.29) is 24.1 Å². The molecule has 8 heteroatoms. The van der Waals surface area contributed by atoms with Gasteiger partial charge in [-0.15, -0.1) is 0 Å². The number of carbonyl (C=O) groups excluding carboxylic acids is 3. The quantitative estimate of drug-likeness (QED) is 0.744. The molecule has 3 heterocycles. The van der Waals surface area contributed by atoms with Gasteiger partial charge in [0.05, 0.1) is 5.56 Å². The van der Waals surface area contributed by atoms with E-state index < -0.39 is 11.7 Å². The first-order chi connectivity index (χ1) is 15.3. The van der Waals surface area contributed by atoms with Gasteiger partial charge in [-0.1, -0.05) is 13.0 Å². The van der Waals surface area contributed by atoms with Crippen LogP contribution in [-0.4, -0.2) is 83.4 Å². The van der Waals surface area contributed by atoms with E-state index in [1.54, 1.807) is 4.90 Å². The summed E-state index contributed by atoms with van der Waals surface area (Å²) in [4.78, 5) is 44.9. The number of piperazine rings is 1. The normalized spacial score (nSPS) is 25.1. The zero-order valence-corrected chi connectivity index (χ0v) is 19.4. The maximum absolute atomic E-state index is 13.2. The monoisotopic (exact) mass is 441 g/mol. The standard InChI is InChI=1S/C24H35N5O3/c1-4-10-27-12-14-28(15-13-27)23(32)18(3)29-11-9-24(8-7-21(29)30)25-20-16-17(2)5-6-19(20)22(31)26-24/h5-6,16,18,25H,4,7-15H2,1-3H3,(H,26,31)/t18-,24+/m0/s1. The summed E-state index contributed by atoms with van der Waals surface area (Å²) in [6.07, 6.45) is 2.46. The molecule has 174 valence electrons. The number of nitrogens with zero attached hydrogens (tertiary/aromatic N) is 3. The van der Waals surface area contributed by atoms with Crippen LogP contribution >= 0.6 is 0 Å². The van der Waals surface area contributed by atoms with Crippen LogP contribution in [0.2, 0.25) is 0 Å². The summed E-state index contributed by atoms with van der Waals surface area (Å²) < 4.78 is 0. The number of carbonyl (C=O) groups is 3. The smallest absolute Gasteiger partial charge is 0.255 e. The number of benzene rings is 1. The lowest BCUT2D eigenvalue weighted by Gasteiger charge is -2.40. The Morgan fingerprint density at radius 3 is 2.56 bits per heavy atom. The third-order valence-electron chi connectivity index (χ3n) is 7.06. The lowest BCUT2D eigenvalue weighted by atomic mass is 9.94. The predicted octanol–water partition coefficient (Wildman–Crippen LogP) is 1.80. The summed E-state index contributed by atoms with van der Waals surface area (Å²) in [6, 6.07) is 5.23. The number of fused-ring (bicyclic) bond motifs is 1. The Hall–Kier alpha value is -2.61. The number of amides is 3. The van der Waals surface area contributed by atoms with E-state index in [1.165, 1.54) is 0 Å². The average Bonchev–Trinajstić information content (AvgIpc) is 2.92. The molecule has 1 aromatic carbocycles. The van der Waals surface area contributed by atoms with Gasteiger partial charge in [0.2, 0.25) is 11.8 Å². The van der Waals surface area contributed by atoms with Crippen molar-refractivity contribution in [1.29, 1.82) is 0 Å². The van der Waals surface area contributed by atoms with Crippen LogP contribution in [0.4, 0.5) is 5.69 Å². The molecule has 0 unspecified atom stereocenters. The van der Waals surface area contributed by atoms with Crippen LogP contribution in [0.1, 0.15) is 55.5 Å². The second kappa shape index (κ2) is 9.10. The minimum atomic E-state index is -0.670. The van der Waals surface area contributed by atoms with E-state index in [1.807, 2.05) is 36.9 Å². The van der Waals surface area contributed by atoms with Crippen molar-refractivity contribution in [3.8, 4) is 0 Å². The van der Waals surface area contributed by atoms with Gasteiger partial charge >= 0.3 is 0 Å². The van der Waals surface area contributed by atoms with Gasteiger partial charge in [0.15, 0.2) is 0 Å². The van der Waals surface area contributed by atoms with Crippen LogP contribution in [0.25, 0.3) is 0 Å². The van der Waals surface area contributed by atoms with Crippen LogP contribution in [0.15, 0.2) is 18.2 Å². The highest BCUT2D eigenvalue weighted by atomic mass is 16.2. The molecule has 2 saturated heterocycles. The van der Waals surface area contributed by atoms with Crippen molar-refractivity contribution in [1.82, 2.24) is 20.0 Å². The summed E-state index contributed by atoms with van der Waals surface area (Å²) in [5.74, 6) is -0.126. The Labute approximate surface area is 190 Å². The minimum absolute atomic E-state index is 0.0204. The Morgan fingerprint density at radius 1 is 1.09 bits per heavy atom. The highest BCUT2D eigenvalue weighted by Gasteiger charge is 2.42. The topological polar surface area (TPSA) is 85.0 Å². The summed E-state index contributed by atoms with van der Waals surface area (Å²) in [5, 5.41) is 6.61. The van der Waals surface area contributed by atoms with E-state index in [9.17, 15) is 14.4 Å². The molecule has 2 N–H and O–H groups in total. The molecule has 2 fully saturated rings. The van der Waals surface area contributed by atoms with Crippen molar-refractivity contribution in [2.45, 2.75) is 58.2 Å². The third kappa shape index (κ3) is 4.46. The lowest BCUT2D eigenvalue weighted by molar-refractivity contribution is -0.145. The molecule has 0 aliphatic carbocycles. The number of anilines is 1. The summed E-state index contributed by atoms with van der Waals surface area (Å²) in [5.41, 5.74) is 1.84. The lowest BCUT2D eigenvalue weighted by Crippen LogP contribution is -2.58. The van der Waals surface area contributed by atoms with Crippen molar-refractivity contribution < 1.29 is 14.4 Å². The fourth-order valence-electron chi connectivity index (χ4n) is 5.12. The second-order valence-electron chi connectivity index (χ2n) is 9.39. The minimum Gasteiger partial charge on any atom is -0.362 e. The molecule has 8 nitrogen and oxygen atoms in total. The van der Waals surface area contributed by atoms with Crippen molar-refractivity contribution in [2.75, 3.05) is 44.6 Å². The maximum atomic E-state index is 13.2. The average molecular weight is 442 g/mol. The van der Waals surface area contributed by atoms with Gasteiger partial charge in [-0.3, -0.25) is 19.3 Å². The van der Waals surface area contributed by atoms with E-state index in [2.05, 4.69) is 22.5 Å². The Balaban J connectivity index is 1.43. The predicted molar refractivity (Wildman–Crippen MR) is 123 cm³/mol. The van der Waals surface area contributed by atoms with Crippen LogP contribution in [0.5, 0.6) is 0 Å². The van der Waals surface area contributed by atoms with Crippen molar-refractivity contribution in [2.24, 2.45) is 0 Å². The molecule has 32 heavy (non-hydrogen) atoms. The van der Waals surface area contributed by atoms with Gasteiger partial charge in [-0.05, 0) is 50.9 Å². The van der Waals surface area contributed by atoms with Crippen molar-refractivity contribution in [3.63, 3.8) is 0 Å². The van der Waals surface area contributed by atoms with Crippen molar-refractivity contribution in [3.05, 3.63) is 29.3 Å². The van der Waals surface area contributed by atoms with Crippen LogP contribution < -0.4 is 10.6 Å². The zero-order valence-electron chi connectivity index (χ0n) is 19.4. The first kappa shape index (κ1) is 22.6. The van der Waals surface area contributed by atoms with E-state index in [0.717, 1.165) is 37.3 Å². The number of hydrogen-bond acceptors (Lipinski definition) is 5. The first-order valence-corrected chi connectivity index (χ1v) is 11.8. The molecule has 0 bridgehead atoms. The molecule has 3 aliphatic rings. The molecule has 2 atom stereocenters. The van der Waals surface area contributed by atoms with E-state index >= 15 is 0 Å². The number of aryl methyl sites for hydroxylation is 1. The summed E-state index contributed by atoms with van der Waals surface area (Å²) in [7, 11) is 0. The van der Waals surface area contributed by atoms with Gasteiger partial charge < -0.3 is 20.4 Å². The van der Waals surface area contributed by atoms with Gasteiger partial charge in [0.25, 0.3) is 5.91 Å². The number of likely N-dealkylation sites (tertiary alicyclic amines) is 1. The van der Waals surface area contributed by atoms with Crippen LogP contribution in [0, 0.1) is 6.92 Å². The second-order valence-corrected chi connectivity index (χ2v) is 9.39. The third-order valence-corrected chi connectivity index (χ3v) is 7.06. The van der Waals surface area contributed by atoms with Crippen LogP contribution in [0.3, 0.4) is 0 Å². The largest absolute Gasteiger partial charge is 0.362 e. The molecule has 1 aromatic rings. The Bertz CT molecular complexity index is 896. The maximum Gasteiger partial charge on any atom is 0.255 e. The van der Waals surface area contributed by atoms with Crippen LogP contribution in [-0.2, 0) is 9.59 Å². The number of nitrogens with one attached hydrogen (secondary N) is 2. The summed E-state index contributed by atoms with van der Waals surface area (Å²) >= 11 is 0. The number of rotatable bonds is 4. The van der Waals surface area contributed by atoms with Gasteiger partial charge in [0, 0.05) is 51.3 Å². The number of hydrogen-bond donors (Lipinski definition) is 2. The highest BCUT2D eigenvalue weighted by Crippen LogP contribution is 2.32. The fourth-order valence-corrected chi connectivity index (χ4v) is 5.12. The molecule has 4 rings (SSSR count). The first-order valence-electron chi connectivity index (χ1n) is 11.8. The molecule has 3 amide bonds. The zero-order chi connectivity index (χ0) is 22.9. The molecular weight excluding hydrogens is 406 g/mol. The Morgan fingerprint density at radius 2 is 1.84 bits per heavy atom. The molecule has 1 spiro atoms. The summed E-state index contributed by atoms with van der Waals surface area (Å²) in [6.45, 7) is 10.7. The Kier molecular flexibility index (Phi) is 6.42. The SMILES string of the molecule is CCCN1CCN(C(=O)[C@H](C)N2CC[C@@]3(CCC2=O)NC(=O)c2ccc(C)cc2N3)CC1. The molecule has 3 aliphatic heterocycles. The van der Waals surface area contributed by atoms with Gasteiger partial charge in [0.1, 0.15) is 11.7 Å². The van der Waals surface area contributed by atoms with E-state index in [4.69, 9.17) is 0 Å². The fraction of sp³-hybridized carbons (Fsp3) is 0.625.